The highest BCUT2D eigenvalue weighted by atomic mass is 16.7. The van der Waals surface area contributed by atoms with E-state index < -0.39 is 42.1 Å². The minimum absolute atomic E-state index is 0.0800. The van der Waals surface area contributed by atoms with Crippen LogP contribution in [0, 0.1) is 23.7 Å². The first-order valence-corrected chi connectivity index (χ1v) is 14.7. The molecule has 0 saturated carbocycles. The van der Waals surface area contributed by atoms with Crippen LogP contribution in [0.15, 0.2) is 0 Å². The number of carbonyl (C=O) groups excluding carboxylic acids is 3. The number of carbonyl (C=O) groups is 3. The Balaban J connectivity index is 0.000000603. The molecule has 0 bridgehead atoms. The van der Waals surface area contributed by atoms with Crippen LogP contribution in [0.5, 0.6) is 0 Å². The molecular weight excluding hydrogens is 518 g/mol. The molecule has 2 rings (SSSR count). The molecule has 2 N–H and O–H groups in total. The van der Waals surface area contributed by atoms with Gasteiger partial charge in [-0.05, 0) is 78.8 Å². The molecule has 10 heteroatoms. The average Bonchev–Trinajstić information content (AvgIpc) is 2.88. The minimum Gasteiger partial charge on any atom is -0.458 e. The maximum Gasteiger partial charge on any atom is 0.508 e. The maximum absolute atomic E-state index is 12.7. The van der Waals surface area contributed by atoms with Crippen molar-refractivity contribution in [3.63, 3.8) is 0 Å². The molecule has 40 heavy (non-hydrogen) atoms. The summed E-state index contributed by atoms with van der Waals surface area (Å²) in [7, 11) is 5.28. The quantitative estimate of drug-likeness (QED) is 0.470. The van der Waals surface area contributed by atoms with Gasteiger partial charge in [-0.3, -0.25) is 9.59 Å². The summed E-state index contributed by atoms with van der Waals surface area (Å²) in [6.07, 6.45) is 1.11. The van der Waals surface area contributed by atoms with E-state index in [1.165, 1.54) is 7.11 Å². The van der Waals surface area contributed by atoms with Crippen LogP contribution in [0.25, 0.3) is 0 Å². The molecule has 0 radical (unpaired) electrons. The number of ketones is 1. The van der Waals surface area contributed by atoms with Gasteiger partial charge in [-0.15, -0.1) is 0 Å². The van der Waals surface area contributed by atoms with Crippen LogP contribution >= 0.6 is 0 Å². The van der Waals surface area contributed by atoms with Crippen molar-refractivity contribution in [2.75, 3.05) is 21.2 Å². The molecule has 10 atom stereocenters. The molecule has 234 valence electrons. The molecule has 0 amide bonds. The van der Waals surface area contributed by atoms with Crippen LogP contribution in [-0.2, 0) is 28.5 Å². The van der Waals surface area contributed by atoms with Crippen molar-refractivity contribution >= 4 is 17.9 Å². The molecule has 0 aromatic heterocycles. The normalized spacial score (nSPS) is 38.4. The van der Waals surface area contributed by atoms with Gasteiger partial charge in [0, 0.05) is 24.8 Å². The number of hydrogen-bond acceptors (Lipinski definition) is 10. The maximum atomic E-state index is 12.7. The summed E-state index contributed by atoms with van der Waals surface area (Å²) in [5.41, 5.74) is -1.21. The van der Waals surface area contributed by atoms with Gasteiger partial charge < -0.3 is 34.1 Å². The van der Waals surface area contributed by atoms with Gasteiger partial charge in [0.15, 0.2) is 11.9 Å². The molecule has 0 aliphatic carbocycles. The monoisotopic (exact) mass is 573 g/mol. The largest absolute Gasteiger partial charge is 0.508 e. The zero-order valence-electron chi connectivity index (χ0n) is 26.3. The number of methoxy groups -OCH3 is 1. The van der Waals surface area contributed by atoms with Crippen molar-refractivity contribution in [1.82, 2.24) is 4.90 Å². The van der Waals surface area contributed by atoms with Gasteiger partial charge >= 0.3 is 12.1 Å². The smallest absolute Gasteiger partial charge is 0.458 e. The lowest BCUT2D eigenvalue weighted by atomic mass is 9.81. The van der Waals surface area contributed by atoms with Crippen LogP contribution in [0.2, 0.25) is 0 Å². The molecular formula is C30H55NO9. The number of nitrogens with zero attached hydrogens (tertiary/aromatic N) is 1. The first-order chi connectivity index (χ1) is 18.5. The van der Waals surface area contributed by atoms with E-state index in [-0.39, 0.29) is 42.5 Å². The number of esters is 1. The molecule has 2 aliphatic rings. The molecule has 2 fully saturated rings. The Hall–Kier alpha value is -1.75. The fourth-order valence-corrected chi connectivity index (χ4v) is 5.77. The van der Waals surface area contributed by atoms with Crippen LogP contribution in [0.4, 0.5) is 4.79 Å². The average molecular weight is 574 g/mol. The summed E-state index contributed by atoms with van der Waals surface area (Å²) in [6.45, 7) is 13.0. The van der Waals surface area contributed by atoms with E-state index in [2.05, 4.69) is 16.6 Å². The zero-order chi connectivity index (χ0) is 30.8. The summed E-state index contributed by atoms with van der Waals surface area (Å²) in [5.74, 6) is -1.20. The summed E-state index contributed by atoms with van der Waals surface area (Å²) >= 11 is 0. The van der Waals surface area contributed by atoms with E-state index in [4.69, 9.17) is 14.2 Å². The summed E-state index contributed by atoms with van der Waals surface area (Å²) < 4.78 is 21.0. The van der Waals surface area contributed by atoms with Crippen LogP contribution in [-0.4, -0.2) is 90.5 Å². The number of aliphatic hydroxyl groups excluding tert-OH is 2. The number of rotatable bonds is 3. The highest BCUT2D eigenvalue weighted by Crippen LogP contribution is 2.32. The van der Waals surface area contributed by atoms with Crippen molar-refractivity contribution in [2.24, 2.45) is 23.7 Å². The Kier molecular flexibility index (Phi) is 15.1. The highest BCUT2D eigenvalue weighted by Gasteiger charge is 2.42. The number of ether oxygens (including phenoxy) is 4. The lowest BCUT2D eigenvalue weighted by Crippen LogP contribution is -2.48. The molecule has 0 aromatic rings. The number of aliphatic hydroxyl groups is 2. The van der Waals surface area contributed by atoms with Crippen LogP contribution in [0.1, 0.15) is 93.4 Å². The van der Waals surface area contributed by atoms with Crippen molar-refractivity contribution in [1.29, 1.82) is 0 Å². The van der Waals surface area contributed by atoms with Crippen molar-refractivity contribution < 1.29 is 43.5 Å². The van der Waals surface area contributed by atoms with Crippen LogP contribution < -0.4 is 0 Å². The fourth-order valence-electron chi connectivity index (χ4n) is 5.77. The number of Topliss-reactive ketones (excluding diaryl/α,β-unsaturated/α-hetero) is 1. The molecule has 2 heterocycles. The van der Waals surface area contributed by atoms with E-state index in [1.807, 2.05) is 41.8 Å². The predicted octanol–water partition coefficient (Wildman–Crippen LogP) is 4.33. The second-order valence-corrected chi connectivity index (χ2v) is 12.4. The second kappa shape index (κ2) is 16.6. The first-order valence-electron chi connectivity index (χ1n) is 14.7. The van der Waals surface area contributed by atoms with Crippen LogP contribution in [0.3, 0.4) is 0 Å². The topological polar surface area (TPSA) is 132 Å². The van der Waals surface area contributed by atoms with Gasteiger partial charge in [-0.2, -0.15) is 0 Å². The highest BCUT2D eigenvalue weighted by molar-refractivity contribution is 5.80. The van der Waals surface area contributed by atoms with Crippen molar-refractivity contribution in [3.8, 4) is 0 Å². The summed E-state index contributed by atoms with van der Waals surface area (Å²) in [4.78, 5) is 39.4. The van der Waals surface area contributed by atoms with E-state index in [1.54, 1.807) is 13.8 Å². The molecule has 10 nitrogen and oxygen atoms in total. The van der Waals surface area contributed by atoms with Crippen molar-refractivity contribution in [3.05, 3.63) is 0 Å². The van der Waals surface area contributed by atoms with Gasteiger partial charge in [0.25, 0.3) is 0 Å². The Bertz CT molecular complexity index is 796. The fraction of sp³-hybridized carbons (Fsp3) is 0.900. The Labute approximate surface area is 241 Å². The standard InChI is InChI=1S/C22H38O7.C8H17NO2/c1-8-18-22(6,29-21(26)27-7)10-9-17(23)14(3)11-13(2)12-15(4)19(24)16(5)20(25)28-18;1-6-4-7(9(2)3)5-8(10)11-6/h13-16,18-19,24H,8-12H2,1-7H3;6-8,10H,4-5H2,1-3H3/t13?,14-,15?,16?,18?,19?,22+;/m1./s1. The summed E-state index contributed by atoms with van der Waals surface area (Å²) in [6, 6.07) is 0.466. The molecule has 2 aliphatic heterocycles. The van der Waals surface area contributed by atoms with Gasteiger partial charge in [0.2, 0.25) is 0 Å². The third kappa shape index (κ3) is 11.3. The SMILES string of the molecule is CC1CC(N(C)C)CC(O)O1.CCC1OC(=O)C(C)C(O)C(C)CC(C)C[C@@H](C)C(=O)CC[C@]1(C)OC(=O)OC. The Morgan fingerprint density at radius 3 is 2.20 bits per heavy atom. The van der Waals surface area contributed by atoms with E-state index in [0.717, 1.165) is 19.3 Å². The van der Waals surface area contributed by atoms with Gasteiger partial charge in [0.05, 0.1) is 25.2 Å². The molecule has 2 saturated heterocycles. The first kappa shape index (κ1) is 36.3. The Morgan fingerprint density at radius 1 is 1.05 bits per heavy atom. The predicted molar refractivity (Wildman–Crippen MR) is 151 cm³/mol. The molecule has 8 unspecified atom stereocenters. The summed E-state index contributed by atoms with van der Waals surface area (Å²) in [5, 5.41) is 19.9. The minimum atomic E-state index is -1.21. The molecule has 0 aromatic carbocycles. The second-order valence-electron chi connectivity index (χ2n) is 12.4. The van der Waals surface area contributed by atoms with E-state index in [9.17, 15) is 24.6 Å². The Morgan fingerprint density at radius 2 is 1.68 bits per heavy atom. The molecule has 0 spiro atoms. The number of cyclic esters (lactones) is 1. The van der Waals surface area contributed by atoms with Gasteiger partial charge in [-0.25, -0.2) is 4.79 Å². The lowest BCUT2D eigenvalue weighted by Gasteiger charge is -2.37. The van der Waals surface area contributed by atoms with E-state index >= 15 is 0 Å². The third-order valence-electron chi connectivity index (χ3n) is 8.41. The zero-order valence-corrected chi connectivity index (χ0v) is 26.3. The van der Waals surface area contributed by atoms with Gasteiger partial charge in [0.1, 0.15) is 11.9 Å². The van der Waals surface area contributed by atoms with Crippen molar-refractivity contribution in [2.45, 2.75) is 130 Å². The van der Waals surface area contributed by atoms with E-state index in [0.29, 0.717) is 18.9 Å². The lowest BCUT2D eigenvalue weighted by molar-refractivity contribution is -0.176. The third-order valence-corrected chi connectivity index (χ3v) is 8.41. The number of hydrogen-bond donors (Lipinski definition) is 2. The van der Waals surface area contributed by atoms with Gasteiger partial charge in [-0.1, -0.05) is 27.7 Å².